The molecule has 1 aromatic heterocycles. The molecule has 1 aromatic carbocycles. The molecule has 0 amide bonds. The van der Waals surface area contributed by atoms with Crippen LogP contribution in [0.4, 0.5) is 0 Å². The number of aromatic nitrogens is 1. The van der Waals surface area contributed by atoms with E-state index in [2.05, 4.69) is 64.8 Å². The van der Waals surface area contributed by atoms with E-state index >= 15 is 0 Å². The van der Waals surface area contributed by atoms with Gasteiger partial charge in [-0.15, -0.1) is 0 Å². The Hall–Kier alpha value is -2.36. The minimum absolute atomic E-state index is 0.435. The summed E-state index contributed by atoms with van der Waals surface area (Å²) in [6.45, 7) is 8.05. The number of nitrogens with one attached hydrogen (secondary N) is 2. The molecule has 2 aromatic rings. The fourth-order valence-corrected chi connectivity index (χ4v) is 2.54. The molecule has 0 fully saturated rings. The maximum atomic E-state index is 4.32. The van der Waals surface area contributed by atoms with Crippen LogP contribution in [0.25, 0.3) is 0 Å². The van der Waals surface area contributed by atoms with Gasteiger partial charge >= 0.3 is 0 Å². The number of hydrogen-bond donors (Lipinski definition) is 2. The maximum absolute atomic E-state index is 4.32. The molecule has 0 saturated heterocycles. The lowest BCUT2D eigenvalue weighted by atomic mass is 9.99. The average Bonchev–Trinajstić information content (AvgIpc) is 2.59. The topological polar surface area (TPSA) is 49.3 Å². The third-order valence-electron chi connectivity index (χ3n) is 4.09. The standard InChI is InChI=1S/C20H28N4/c1-15-6-5-7-19(12-15)16(2)13-24-20(21-4)22-11-10-18-9-8-17(3)23-14-18/h5-9,12,14,16H,10-11,13H2,1-4H3,(H2,21,22,24). The summed E-state index contributed by atoms with van der Waals surface area (Å²) in [7, 11) is 1.81. The summed E-state index contributed by atoms with van der Waals surface area (Å²) >= 11 is 0. The van der Waals surface area contributed by atoms with Crippen molar-refractivity contribution in [3.05, 3.63) is 65.0 Å². The van der Waals surface area contributed by atoms with Crippen molar-refractivity contribution < 1.29 is 0 Å². The molecule has 0 bridgehead atoms. The molecule has 4 nitrogen and oxygen atoms in total. The number of hydrogen-bond acceptors (Lipinski definition) is 2. The van der Waals surface area contributed by atoms with E-state index in [1.807, 2.05) is 19.2 Å². The van der Waals surface area contributed by atoms with Crippen molar-refractivity contribution in [2.24, 2.45) is 4.99 Å². The van der Waals surface area contributed by atoms with Crippen LogP contribution in [0.1, 0.15) is 35.2 Å². The van der Waals surface area contributed by atoms with E-state index in [9.17, 15) is 0 Å². The van der Waals surface area contributed by atoms with Crippen molar-refractivity contribution in [2.75, 3.05) is 20.1 Å². The zero-order chi connectivity index (χ0) is 17.4. The monoisotopic (exact) mass is 324 g/mol. The number of aliphatic imine (C=N–C) groups is 1. The minimum Gasteiger partial charge on any atom is -0.356 e. The summed E-state index contributed by atoms with van der Waals surface area (Å²) in [6.07, 6.45) is 2.87. The Morgan fingerprint density at radius 1 is 1.17 bits per heavy atom. The van der Waals surface area contributed by atoms with Crippen molar-refractivity contribution in [1.82, 2.24) is 15.6 Å². The average molecular weight is 324 g/mol. The van der Waals surface area contributed by atoms with Crippen LogP contribution in [-0.2, 0) is 6.42 Å². The molecular formula is C20H28N4. The summed E-state index contributed by atoms with van der Waals surface area (Å²) in [5.74, 6) is 1.28. The van der Waals surface area contributed by atoms with E-state index in [1.165, 1.54) is 16.7 Å². The molecule has 0 aliphatic rings. The second-order valence-corrected chi connectivity index (χ2v) is 6.25. The van der Waals surface area contributed by atoms with Gasteiger partial charge in [0.25, 0.3) is 0 Å². The maximum Gasteiger partial charge on any atom is 0.191 e. The Bertz CT molecular complexity index is 662. The molecule has 4 heteroatoms. The van der Waals surface area contributed by atoms with E-state index in [0.29, 0.717) is 5.92 Å². The first-order valence-corrected chi connectivity index (χ1v) is 8.51. The smallest absolute Gasteiger partial charge is 0.191 e. The summed E-state index contributed by atoms with van der Waals surface area (Å²) in [4.78, 5) is 8.62. The van der Waals surface area contributed by atoms with E-state index in [0.717, 1.165) is 31.2 Å². The Morgan fingerprint density at radius 2 is 2.00 bits per heavy atom. The van der Waals surface area contributed by atoms with Crippen LogP contribution in [0.15, 0.2) is 47.6 Å². The molecule has 0 spiro atoms. The van der Waals surface area contributed by atoms with Crippen LogP contribution >= 0.6 is 0 Å². The number of aryl methyl sites for hydroxylation is 2. The molecular weight excluding hydrogens is 296 g/mol. The molecule has 128 valence electrons. The molecule has 0 radical (unpaired) electrons. The van der Waals surface area contributed by atoms with Crippen LogP contribution < -0.4 is 10.6 Å². The van der Waals surface area contributed by atoms with E-state index in [4.69, 9.17) is 0 Å². The van der Waals surface area contributed by atoms with Gasteiger partial charge in [-0.05, 0) is 43.4 Å². The fourth-order valence-electron chi connectivity index (χ4n) is 2.54. The van der Waals surface area contributed by atoms with Gasteiger partial charge in [0.15, 0.2) is 5.96 Å². The lowest BCUT2D eigenvalue weighted by Crippen LogP contribution is -2.39. The quantitative estimate of drug-likeness (QED) is 0.634. The van der Waals surface area contributed by atoms with Crippen LogP contribution in [0.2, 0.25) is 0 Å². The second kappa shape index (κ2) is 9.06. The van der Waals surface area contributed by atoms with Gasteiger partial charge in [-0.1, -0.05) is 42.8 Å². The highest BCUT2D eigenvalue weighted by molar-refractivity contribution is 5.79. The van der Waals surface area contributed by atoms with Gasteiger partial charge in [-0.3, -0.25) is 9.98 Å². The predicted octanol–water partition coefficient (Wildman–Crippen LogP) is 3.21. The summed E-state index contributed by atoms with van der Waals surface area (Å²) in [5, 5.41) is 6.77. The SMILES string of the molecule is CN=C(NCCc1ccc(C)nc1)NCC(C)c1cccc(C)c1. The largest absolute Gasteiger partial charge is 0.356 e. The van der Waals surface area contributed by atoms with Crippen molar-refractivity contribution >= 4 is 5.96 Å². The molecule has 2 N–H and O–H groups in total. The first-order valence-electron chi connectivity index (χ1n) is 8.51. The van der Waals surface area contributed by atoms with Gasteiger partial charge in [0.2, 0.25) is 0 Å². The second-order valence-electron chi connectivity index (χ2n) is 6.25. The van der Waals surface area contributed by atoms with Gasteiger partial charge in [-0.25, -0.2) is 0 Å². The normalized spacial score (nSPS) is 12.8. The van der Waals surface area contributed by atoms with Crippen molar-refractivity contribution in [3.63, 3.8) is 0 Å². The molecule has 0 aliphatic heterocycles. The fraction of sp³-hybridized carbons (Fsp3) is 0.400. The van der Waals surface area contributed by atoms with E-state index < -0.39 is 0 Å². The van der Waals surface area contributed by atoms with E-state index in [1.54, 1.807) is 7.05 Å². The van der Waals surface area contributed by atoms with Gasteiger partial charge in [0, 0.05) is 32.0 Å². The van der Waals surface area contributed by atoms with Crippen molar-refractivity contribution in [2.45, 2.75) is 33.1 Å². The van der Waals surface area contributed by atoms with Crippen LogP contribution in [0, 0.1) is 13.8 Å². The van der Waals surface area contributed by atoms with Gasteiger partial charge in [-0.2, -0.15) is 0 Å². The highest BCUT2D eigenvalue weighted by atomic mass is 15.2. The molecule has 1 heterocycles. The lowest BCUT2D eigenvalue weighted by molar-refractivity contribution is 0.697. The van der Waals surface area contributed by atoms with E-state index in [-0.39, 0.29) is 0 Å². The van der Waals surface area contributed by atoms with Crippen molar-refractivity contribution in [1.29, 1.82) is 0 Å². The zero-order valence-electron chi connectivity index (χ0n) is 15.1. The number of benzene rings is 1. The Morgan fingerprint density at radius 3 is 2.67 bits per heavy atom. The number of nitrogens with zero attached hydrogens (tertiary/aromatic N) is 2. The summed E-state index contributed by atoms with van der Waals surface area (Å²) in [6, 6.07) is 12.8. The highest BCUT2D eigenvalue weighted by Crippen LogP contribution is 2.15. The highest BCUT2D eigenvalue weighted by Gasteiger charge is 2.06. The third-order valence-corrected chi connectivity index (χ3v) is 4.09. The molecule has 1 unspecified atom stereocenters. The van der Waals surface area contributed by atoms with Crippen LogP contribution in [0.5, 0.6) is 0 Å². The zero-order valence-corrected chi connectivity index (χ0v) is 15.1. The van der Waals surface area contributed by atoms with Gasteiger partial charge < -0.3 is 10.6 Å². The van der Waals surface area contributed by atoms with Gasteiger partial charge in [0.05, 0.1) is 0 Å². The van der Waals surface area contributed by atoms with Crippen molar-refractivity contribution in [3.8, 4) is 0 Å². The van der Waals surface area contributed by atoms with Gasteiger partial charge in [0.1, 0.15) is 0 Å². The number of pyridine rings is 1. The first kappa shape index (κ1) is 18.0. The molecule has 0 aliphatic carbocycles. The minimum atomic E-state index is 0.435. The third kappa shape index (κ3) is 5.69. The Balaban J connectivity index is 1.77. The predicted molar refractivity (Wildman–Crippen MR) is 102 cm³/mol. The first-order chi connectivity index (χ1) is 11.6. The Labute approximate surface area is 145 Å². The van der Waals surface area contributed by atoms with Crippen LogP contribution in [-0.4, -0.2) is 31.1 Å². The Kier molecular flexibility index (Phi) is 6.79. The molecule has 1 atom stereocenters. The summed E-state index contributed by atoms with van der Waals surface area (Å²) < 4.78 is 0. The molecule has 0 saturated carbocycles. The molecule has 2 rings (SSSR count). The lowest BCUT2D eigenvalue weighted by Gasteiger charge is -2.17. The number of guanidine groups is 1. The number of rotatable bonds is 6. The summed E-state index contributed by atoms with van der Waals surface area (Å²) in [5.41, 5.74) is 4.93. The molecule has 24 heavy (non-hydrogen) atoms. The van der Waals surface area contributed by atoms with Crippen LogP contribution in [0.3, 0.4) is 0 Å².